The molecule has 3 heterocycles. The molecule has 0 N–H and O–H groups in total. The van der Waals surface area contributed by atoms with E-state index in [4.69, 9.17) is 4.98 Å². The smallest absolute Gasteiger partial charge is 0.261 e. The zero-order valence-corrected chi connectivity index (χ0v) is 15.3. The van der Waals surface area contributed by atoms with Gasteiger partial charge in [0.1, 0.15) is 5.82 Å². The van der Waals surface area contributed by atoms with Crippen LogP contribution in [0.5, 0.6) is 0 Å². The Balaban J connectivity index is 1.69. The molecule has 1 aromatic carbocycles. The van der Waals surface area contributed by atoms with Crippen LogP contribution in [0.4, 0.5) is 5.95 Å². The van der Waals surface area contributed by atoms with Gasteiger partial charge in [-0.25, -0.2) is 15.0 Å². The van der Waals surface area contributed by atoms with Crippen LogP contribution in [0.15, 0.2) is 47.5 Å². The van der Waals surface area contributed by atoms with E-state index in [-0.39, 0.29) is 17.6 Å². The molecular formula is C21H23N5O. The standard InChI is InChI=1S/C21H23N5O/c27-20-16-9-3-4-10-17(16)24-19(26(20)15-7-1-2-8-15)18-11-5-14-25(18)21-22-12-6-13-23-21/h3-4,6,9-10,12-13,15,18H,1-2,5,7-8,11,14H2. The molecule has 0 amide bonds. The number of anilines is 1. The number of rotatable bonds is 3. The van der Waals surface area contributed by atoms with Gasteiger partial charge in [0.15, 0.2) is 0 Å². The Morgan fingerprint density at radius 3 is 2.52 bits per heavy atom. The van der Waals surface area contributed by atoms with Gasteiger partial charge in [-0.15, -0.1) is 0 Å². The lowest BCUT2D eigenvalue weighted by Crippen LogP contribution is -2.34. The average molecular weight is 361 g/mol. The molecule has 0 bridgehead atoms. The molecule has 1 atom stereocenters. The predicted octanol–water partition coefficient (Wildman–Crippen LogP) is 3.64. The van der Waals surface area contributed by atoms with Crippen LogP contribution in [-0.4, -0.2) is 26.1 Å². The van der Waals surface area contributed by atoms with E-state index >= 15 is 0 Å². The summed E-state index contributed by atoms with van der Waals surface area (Å²) in [7, 11) is 0. The summed E-state index contributed by atoms with van der Waals surface area (Å²) in [5, 5.41) is 0.716. The predicted molar refractivity (Wildman–Crippen MR) is 105 cm³/mol. The van der Waals surface area contributed by atoms with Crippen molar-refractivity contribution in [2.75, 3.05) is 11.4 Å². The van der Waals surface area contributed by atoms with Crippen molar-refractivity contribution < 1.29 is 0 Å². The molecule has 0 spiro atoms. The molecule has 1 aliphatic carbocycles. The van der Waals surface area contributed by atoms with Crippen LogP contribution in [0.25, 0.3) is 10.9 Å². The number of benzene rings is 1. The van der Waals surface area contributed by atoms with Crippen molar-refractivity contribution >= 4 is 16.9 Å². The summed E-state index contributed by atoms with van der Waals surface area (Å²) in [6.45, 7) is 0.891. The molecule has 2 aromatic heterocycles. The summed E-state index contributed by atoms with van der Waals surface area (Å²) >= 11 is 0. The van der Waals surface area contributed by atoms with E-state index in [9.17, 15) is 4.79 Å². The van der Waals surface area contributed by atoms with Crippen LogP contribution >= 0.6 is 0 Å². The van der Waals surface area contributed by atoms with Crippen molar-refractivity contribution in [3.63, 3.8) is 0 Å². The number of aromatic nitrogens is 4. The van der Waals surface area contributed by atoms with Crippen molar-refractivity contribution in [2.45, 2.75) is 50.6 Å². The van der Waals surface area contributed by atoms with Crippen LogP contribution in [0.3, 0.4) is 0 Å². The summed E-state index contributed by atoms with van der Waals surface area (Å²) in [6.07, 6.45) is 10.0. The minimum Gasteiger partial charge on any atom is -0.331 e. The molecule has 2 aliphatic rings. The maximum atomic E-state index is 13.4. The average Bonchev–Trinajstić information content (AvgIpc) is 3.41. The number of hydrogen-bond acceptors (Lipinski definition) is 5. The molecule has 2 fully saturated rings. The van der Waals surface area contributed by atoms with Crippen LogP contribution < -0.4 is 10.5 Å². The fourth-order valence-corrected chi connectivity index (χ4v) is 4.63. The number of nitrogens with zero attached hydrogens (tertiary/aromatic N) is 5. The maximum Gasteiger partial charge on any atom is 0.261 e. The van der Waals surface area contributed by atoms with Gasteiger partial charge in [0.2, 0.25) is 5.95 Å². The topological polar surface area (TPSA) is 63.9 Å². The Morgan fingerprint density at radius 2 is 1.70 bits per heavy atom. The second-order valence-corrected chi connectivity index (χ2v) is 7.50. The van der Waals surface area contributed by atoms with Gasteiger partial charge in [0, 0.05) is 25.0 Å². The zero-order valence-electron chi connectivity index (χ0n) is 15.3. The summed E-state index contributed by atoms with van der Waals surface area (Å²) in [4.78, 5) is 29.5. The highest BCUT2D eigenvalue weighted by atomic mass is 16.1. The Bertz CT molecular complexity index is 1010. The lowest BCUT2D eigenvalue weighted by Gasteiger charge is -2.28. The van der Waals surface area contributed by atoms with Gasteiger partial charge in [-0.05, 0) is 43.9 Å². The second-order valence-electron chi connectivity index (χ2n) is 7.50. The lowest BCUT2D eigenvalue weighted by molar-refractivity contribution is 0.453. The van der Waals surface area contributed by atoms with Crippen LogP contribution in [0.1, 0.15) is 56.4 Å². The number of fused-ring (bicyclic) bond motifs is 1. The maximum absolute atomic E-state index is 13.4. The molecule has 6 nitrogen and oxygen atoms in total. The van der Waals surface area contributed by atoms with Crippen molar-refractivity contribution in [3.8, 4) is 0 Å². The molecule has 6 heteroatoms. The number of hydrogen-bond donors (Lipinski definition) is 0. The van der Waals surface area contributed by atoms with Gasteiger partial charge in [-0.1, -0.05) is 25.0 Å². The molecule has 1 saturated carbocycles. The fourth-order valence-electron chi connectivity index (χ4n) is 4.63. The molecule has 5 rings (SSSR count). The highest BCUT2D eigenvalue weighted by Gasteiger charge is 2.34. The third kappa shape index (κ3) is 2.80. The van der Waals surface area contributed by atoms with Crippen LogP contribution in [-0.2, 0) is 0 Å². The molecule has 3 aromatic rings. The summed E-state index contributed by atoms with van der Waals surface area (Å²) in [6, 6.07) is 9.84. The van der Waals surface area contributed by atoms with Crippen molar-refractivity contribution in [1.82, 2.24) is 19.5 Å². The SMILES string of the molecule is O=c1c2ccccc2nc(C2CCCN2c2ncccn2)n1C1CCCC1. The van der Waals surface area contributed by atoms with Crippen molar-refractivity contribution in [3.05, 3.63) is 58.9 Å². The zero-order chi connectivity index (χ0) is 18.2. The quantitative estimate of drug-likeness (QED) is 0.713. The molecule has 1 aliphatic heterocycles. The number of para-hydroxylation sites is 1. The van der Waals surface area contributed by atoms with E-state index < -0.39 is 0 Å². The normalized spacial score (nSPS) is 20.6. The molecular weight excluding hydrogens is 338 g/mol. The van der Waals surface area contributed by atoms with Crippen LogP contribution in [0, 0.1) is 0 Å². The first kappa shape index (κ1) is 16.4. The molecule has 1 unspecified atom stereocenters. The summed E-state index contributed by atoms with van der Waals surface area (Å²) in [5.74, 6) is 1.61. The van der Waals surface area contributed by atoms with Crippen LogP contribution in [0.2, 0.25) is 0 Å². The fraction of sp³-hybridized carbons (Fsp3) is 0.429. The molecule has 27 heavy (non-hydrogen) atoms. The van der Waals surface area contributed by atoms with Gasteiger partial charge >= 0.3 is 0 Å². The first-order valence-electron chi connectivity index (χ1n) is 9.88. The highest BCUT2D eigenvalue weighted by molar-refractivity contribution is 5.77. The van der Waals surface area contributed by atoms with E-state index in [0.29, 0.717) is 5.39 Å². The van der Waals surface area contributed by atoms with E-state index in [2.05, 4.69) is 14.9 Å². The Labute approximate surface area is 157 Å². The minimum absolute atomic E-state index is 0.0466. The highest BCUT2D eigenvalue weighted by Crippen LogP contribution is 2.37. The molecule has 1 saturated heterocycles. The van der Waals surface area contributed by atoms with Gasteiger partial charge in [0.05, 0.1) is 16.9 Å². The van der Waals surface area contributed by atoms with E-state index in [1.54, 1.807) is 12.4 Å². The molecule has 0 radical (unpaired) electrons. The third-order valence-electron chi connectivity index (χ3n) is 5.88. The van der Waals surface area contributed by atoms with Gasteiger partial charge in [0.25, 0.3) is 5.56 Å². The Hall–Kier alpha value is -2.76. The van der Waals surface area contributed by atoms with Gasteiger partial charge in [-0.3, -0.25) is 9.36 Å². The Kier molecular flexibility index (Phi) is 4.11. The molecule has 138 valence electrons. The Morgan fingerprint density at radius 1 is 0.926 bits per heavy atom. The van der Waals surface area contributed by atoms with Crippen molar-refractivity contribution in [2.24, 2.45) is 0 Å². The summed E-state index contributed by atoms with van der Waals surface area (Å²) < 4.78 is 2.00. The minimum atomic E-state index is 0.0466. The van der Waals surface area contributed by atoms with Gasteiger partial charge < -0.3 is 4.90 Å². The second kappa shape index (κ2) is 6.76. The van der Waals surface area contributed by atoms with Crippen molar-refractivity contribution in [1.29, 1.82) is 0 Å². The van der Waals surface area contributed by atoms with E-state index in [1.165, 1.54) is 12.8 Å². The van der Waals surface area contributed by atoms with E-state index in [0.717, 1.165) is 49.5 Å². The third-order valence-corrected chi connectivity index (χ3v) is 5.88. The first-order chi connectivity index (χ1) is 13.3. The van der Waals surface area contributed by atoms with E-state index in [1.807, 2.05) is 34.9 Å². The largest absolute Gasteiger partial charge is 0.331 e. The summed E-state index contributed by atoms with van der Waals surface area (Å²) in [5.41, 5.74) is 0.885. The monoisotopic (exact) mass is 361 g/mol. The first-order valence-corrected chi connectivity index (χ1v) is 9.88. The van der Waals surface area contributed by atoms with Gasteiger partial charge in [-0.2, -0.15) is 0 Å². The lowest BCUT2D eigenvalue weighted by atomic mass is 10.1.